The molecule has 0 spiro atoms. The summed E-state index contributed by atoms with van der Waals surface area (Å²) < 4.78 is 5.05. The van der Waals surface area contributed by atoms with Crippen molar-refractivity contribution in [2.75, 3.05) is 20.3 Å². The molecule has 0 aromatic rings. The van der Waals surface area contributed by atoms with Crippen molar-refractivity contribution in [3.05, 3.63) is 11.6 Å². The van der Waals surface area contributed by atoms with Gasteiger partial charge < -0.3 is 10.1 Å². The van der Waals surface area contributed by atoms with Gasteiger partial charge in [-0.3, -0.25) is 0 Å². The topological polar surface area (TPSA) is 21.3 Å². The van der Waals surface area contributed by atoms with Gasteiger partial charge in [0.25, 0.3) is 0 Å². The standard InChI is InChI=1S/C9H18ClNO/c1-4-5-9(7-12-3)11-6-8(2)10/h9,11H,2,4-7H2,1,3H3. The van der Waals surface area contributed by atoms with Crippen LogP contribution in [0.1, 0.15) is 19.8 Å². The zero-order valence-electron chi connectivity index (χ0n) is 7.90. The number of ether oxygens (including phenoxy) is 1. The van der Waals surface area contributed by atoms with E-state index in [1.54, 1.807) is 7.11 Å². The molecule has 0 amide bonds. The van der Waals surface area contributed by atoms with Gasteiger partial charge in [0, 0.05) is 24.7 Å². The molecule has 0 bridgehead atoms. The third-order valence-corrected chi connectivity index (χ3v) is 1.72. The lowest BCUT2D eigenvalue weighted by Gasteiger charge is -2.16. The highest BCUT2D eigenvalue weighted by molar-refractivity contribution is 6.29. The summed E-state index contributed by atoms with van der Waals surface area (Å²) in [5.74, 6) is 0. The van der Waals surface area contributed by atoms with Gasteiger partial charge in [0.1, 0.15) is 0 Å². The highest BCUT2D eigenvalue weighted by atomic mass is 35.5. The second kappa shape index (κ2) is 7.59. The highest BCUT2D eigenvalue weighted by Gasteiger charge is 2.05. The van der Waals surface area contributed by atoms with Crippen molar-refractivity contribution in [2.45, 2.75) is 25.8 Å². The summed E-state index contributed by atoms with van der Waals surface area (Å²) in [4.78, 5) is 0. The van der Waals surface area contributed by atoms with Gasteiger partial charge in [0.2, 0.25) is 0 Å². The van der Waals surface area contributed by atoms with E-state index in [0.29, 0.717) is 17.6 Å². The maximum Gasteiger partial charge on any atom is 0.0615 e. The van der Waals surface area contributed by atoms with E-state index in [2.05, 4.69) is 18.8 Å². The van der Waals surface area contributed by atoms with Gasteiger partial charge in [-0.25, -0.2) is 0 Å². The van der Waals surface area contributed by atoms with Gasteiger partial charge in [-0.2, -0.15) is 0 Å². The van der Waals surface area contributed by atoms with Gasteiger partial charge in [-0.15, -0.1) is 0 Å². The largest absolute Gasteiger partial charge is 0.383 e. The van der Waals surface area contributed by atoms with E-state index in [-0.39, 0.29) is 0 Å². The number of nitrogens with one attached hydrogen (secondary N) is 1. The van der Waals surface area contributed by atoms with Gasteiger partial charge in [0.05, 0.1) is 6.61 Å². The first-order valence-electron chi connectivity index (χ1n) is 4.26. The molecule has 0 aliphatic carbocycles. The average molecular weight is 192 g/mol. The Balaban J connectivity index is 3.54. The van der Waals surface area contributed by atoms with E-state index in [4.69, 9.17) is 16.3 Å². The number of hydrogen-bond acceptors (Lipinski definition) is 2. The van der Waals surface area contributed by atoms with Gasteiger partial charge in [-0.05, 0) is 6.42 Å². The summed E-state index contributed by atoms with van der Waals surface area (Å²) in [6, 6.07) is 0.399. The van der Waals surface area contributed by atoms with Crippen LogP contribution in [0.15, 0.2) is 11.6 Å². The maximum atomic E-state index is 5.62. The molecule has 0 radical (unpaired) electrons. The third kappa shape index (κ3) is 6.65. The Hall–Kier alpha value is -0.0500. The van der Waals surface area contributed by atoms with Crippen LogP contribution in [0.25, 0.3) is 0 Å². The van der Waals surface area contributed by atoms with Crippen LogP contribution < -0.4 is 5.32 Å². The third-order valence-electron chi connectivity index (χ3n) is 1.59. The molecule has 0 rings (SSSR count). The fourth-order valence-electron chi connectivity index (χ4n) is 1.05. The summed E-state index contributed by atoms with van der Waals surface area (Å²) in [7, 11) is 1.71. The van der Waals surface area contributed by atoms with Crippen LogP contribution in [0, 0.1) is 0 Å². The molecule has 0 heterocycles. The van der Waals surface area contributed by atoms with E-state index < -0.39 is 0 Å². The Morgan fingerprint density at radius 1 is 1.67 bits per heavy atom. The van der Waals surface area contributed by atoms with Crippen molar-refractivity contribution >= 4 is 11.6 Å². The van der Waals surface area contributed by atoms with Crippen LogP contribution >= 0.6 is 11.6 Å². The minimum atomic E-state index is 0.399. The van der Waals surface area contributed by atoms with E-state index in [1.165, 1.54) is 0 Å². The predicted octanol–water partition coefficient (Wildman–Crippen LogP) is 2.14. The molecule has 0 aromatic carbocycles. The monoisotopic (exact) mass is 191 g/mol. The van der Waals surface area contributed by atoms with Crippen molar-refractivity contribution in [3.63, 3.8) is 0 Å². The van der Waals surface area contributed by atoms with Crippen molar-refractivity contribution in [1.82, 2.24) is 5.32 Å². The lowest BCUT2D eigenvalue weighted by atomic mass is 10.2. The van der Waals surface area contributed by atoms with Crippen LogP contribution in [-0.4, -0.2) is 26.3 Å². The molecular weight excluding hydrogens is 174 g/mol. The fraction of sp³-hybridized carbons (Fsp3) is 0.778. The van der Waals surface area contributed by atoms with Crippen molar-refractivity contribution in [1.29, 1.82) is 0 Å². The lowest BCUT2D eigenvalue weighted by molar-refractivity contribution is 0.163. The zero-order valence-corrected chi connectivity index (χ0v) is 8.66. The van der Waals surface area contributed by atoms with E-state index >= 15 is 0 Å². The number of rotatable bonds is 7. The molecule has 0 saturated heterocycles. The van der Waals surface area contributed by atoms with Crippen molar-refractivity contribution < 1.29 is 4.74 Å². The van der Waals surface area contributed by atoms with E-state index in [9.17, 15) is 0 Å². The van der Waals surface area contributed by atoms with Gasteiger partial charge in [0.15, 0.2) is 0 Å². The fourth-order valence-corrected chi connectivity index (χ4v) is 1.13. The molecule has 12 heavy (non-hydrogen) atoms. The summed E-state index contributed by atoms with van der Waals surface area (Å²) in [6.07, 6.45) is 2.26. The molecule has 1 unspecified atom stereocenters. The molecule has 2 nitrogen and oxygen atoms in total. The number of hydrogen-bond donors (Lipinski definition) is 1. The Morgan fingerprint density at radius 2 is 2.33 bits per heavy atom. The second-order valence-electron chi connectivity index (χ2n) is 2.84. The Bertz CT molecular complexity index is 122. The number of methoxy groups -OCH3 is 1. The summed E-state index contributed by atoms with van der Waals surface area (Å²) >= 11 is 5.62. The molecule has 0 aromatic heterocycles. The first-order chi connectivity index (χ1) is 5.70. The molecule has 1 atom stereocenters. The highest BCUT2D eigenvalue weighted by Crippen LogP contribution is 1.99. The minimum Gasteiger partial charge on any atom is -0.383 e. The normalized spacial score (nSPS) is 12.9. The SMILES string of the molecule is C=C(Cl)CNC(CCC)COC. The molecule has 1 N–H and O–H groups in total. The lowest BCUT2D eigenvalue weighted by Crippen LogP contribution is -2.33. The van der Waals surface area contributed by atoms with E-state index in [0.717, 1.165) is 19.4 Å². The van der Waals surface area contributed by atoms with Gasteiger partial charge >= 0.3 is 0 Å². The zero-order chi connectivity index (χ0) is 9.40. The van der Waals surface area contributed by atoms with Crippen molar-refractivity contribution in [3.8, 4) is 0 Å². The maximum absolute atomic E-state index is 5.62. The Labute approximate surface area is 79.9 Å². The quantitative estimate of drug-likeness (QED) is 0.666. The minimum absolute atomic E-state index is 0.399. The van der Waals surface area contributed by atoms with Crippen LogP contribution in [0.2, 0.25) is 0 Å². The van der Waals surface area contributed by atoms with Crippen LogP contribution in [-0.2, 0) is 4.74 Å². The Kier molecular flexibility index (Phi) is 7.56. The first-order valence-corrected chi connectivity index (χ1v) is 4.64. The molecule has 72 valence electrons. The summed E-state index contributed by atoms with van der Waals surface area (Å²) in [5, 5.41) is 3.91. The molecule has 0 aliphatic heterocycles. The predicted molar refractivity (Wildman–Crippen MR) is 53.6 cm³/mol. The van der Waals surface area contributed by atoms with Crippen LogP contribution in [0.4, 0.5) is 0 Å². The molecule has 0 aliphatic rings. The molecular formula is C9H18ClNO. The summed E-state index contributed by atoms with van der Waals surface area (Å²) in [6.45, 7) is 7.16. The molecule has 0 fully saturated rings. The van der Waals surface area contributed by atoms with Crippen LogP contribution in [0.3, 0.4) is 0 Å². The molecule has 0 saturated carbocycles. The summed E-state index contributed by atoms with van der Waals surface area (Å²) in [5.41, 5.74) is 0. The number of halogens is 1. The van der Waals surface area contributed by atoms with E-state index in [1.807, 2.05) is 0 Å². The average Bonchev–Trinajstić information content (AvgIpc) is 2.01. The Morgan fingerprint density at radius 3 is 2.75 bits per heavy atom. The molecule has 3 heteroatoms. The van der Waals surface area contributed by atoms with Gasteiger partial charge in [-0.1, -0.05) is 31.5 Å². The van der Waals surface area contributed by atoms with Crippen LogP contribution in [0.5, 0.6) is 0 Å². The van der Waals surface area contributed by atoms with Crippen molar-refractivity contribution in [2.24, 2.45) is 0 Å². The second-order valence-corrected chi connectivity index (χ2v) is 3.37. The smallest absolute Gasteiger partial charge is 0.0615 e. The first kappa shape index (κ1) is 11.9.